The Kier molecular flexibility index (Phi) is 4.79. The Morgan fingerprint density at radius 1 is 1.41 bits per heavy atom. The fraction of sp³-hybridized carbons (Fsp3) is 0.0769. The molecule has 0 radical (unpaired) electrons. The first-order valence-corrected chi connectivity index (χ1v) is 6.79. The third-order valence-corrected chi connectivity index (χ3v) is 3.28. The second kappa shape index (κ2) is 6.59. The van der Waals surface area contributed by atoms with Gasteiger partial charge in [-0.05, 0) is 25.1 Å². The zero-order chi connectivity index (χ0) is 16.3. The Morgan fingerprint density at radius 3 is 2.77 bits per heavy atom. The van der Waals surface area contributed by atoms with Crippen molar-refractivity contribution in [3.8, 4) is 5.69 Å². The number of carbonyl (C=O) groups is 2. The molecule has 1 aromatic carbocycles. The number of benzene rings is 1. The predicted octanol–water partition coefficient (Wildman–Crippen LogP) is 1.42. The lowest BCUT2D eigenvalue weighted by atomic mass is 10.3. The molecule has 2 amide bonds. The van der Waals surface area contributed by atoms with Crippen molar-refractivity contribution in [2.75, 3.05) is 0 Å². The quantitative estimate of drug-likeness (QED) is 0.502. The van der Waals surface area contributed by atoms with Gasteiger partial charge in [-0.15, -0.1) is 0 Å². The van der Waals surface area contributed by atoms with Crippen LogP contribution in [0.4, 0.5) is 0 Å². The van der Waals surface area contributed by atoms with Crippen LogP contribution in [0.2, 0.25) is 10.2 Å². The lowest BCUT2D eigenvalue weighted by Gasteiger charge is -2.03. The van der Waals surface area contributed by atoms with Gasteiger partial charge in [0.2, 0.25) is 0 Å². The van der Waals surface area contributed by atoms with Crippen molar-refractivity contribution >= 4 is 41.2 Å². The summed E-state index contributed by atoms with van der Waals surface area (Å²) in [6, 6.07) is 7.00. The van der Waals surface area contributed by atoms with Gasteiger partial charge in [-0.1, -0.05) is 29.3 Å². The summed E-state index contributed by atoms with van der Waals surface area (Å²) >= 11 is 12.2. The van der Waals surface area contributed by atoms with Crippen molar-refractivity contribution in [1.29, 1.82) is 0 Å². The number of nitrogens with zero attached hydrogens (tertiary/aromatic N) is 3. The number of primary amides is 1. The molecule has 0 aliphatic heterocycles. The summed E-state index contributed by atoms with van der Waals surface area (Å²) in [5.41, 5.74) is 8.53. The van der Waals surface area contributed by atoms with Crippen LogP contribution < -0.4 is 11.2 Å². The van der Waals surface area contributed by atoms with E-state index >= 15 is 0 Å². The van der Waals surface area contributed by atoms with E-state index in [-0.39, 0.29) is 5.15 Å². The highest BCUT2D eigenvalue weighted by molar-refractivity contribution is 6.34. The minimum Gasteiger partial charge on any atom is -0.361 e. The van der Waals surface area contributed by atoms with Crippen LogP contribution in [0.15, 0.2) is 29.4 Å². The van der Waals surface area contributed by atoms with Crippen molar-refractivity contribution in [2.24, 2.45) is 10.8 Å². The SMILES string of the molecule is Cc1nn(-c2cccc(Cl)c2)c(Cl)c1/C=N\NC(=O)C(N)=O. The monoisotopic (exact) mass is 339 g/mol. The van der Waals surface area contributed by atoms with Crippen LogP contribution in [0.3, 0.4) is 0 Å². The molecule has 1 aromatic heterocycles. The van der Waals surface area contributed by atoms with E-state index in [0.29, 0.717) is 22.0 Å². The first-order valence-electron chi connectivity index (χ1n) is 6.04. The number of nitrogens with one attached hydrogen (secondary N) is 1. The molecule has 0 saturated heterocycles. The molecular weight excluding hydrogens is 329 g/mol. The van der Waals surface area contributed by atoms with Gasteiger partial charge in [-0.2, -0.15) is 10.2 Å². The van der Waals surface area contributed by atoms with E-state index in [2.05, 4.69) is 10.2 Å². The molecule has 0 aliphatic carbocycles. The molecule has 2 aromatic rings. The molecule has 9 heteroatoms. The summed E-state index contributed by atoms with van der Waals surface area (Å²) in [7, 11) is 0. The Balaban J connectivity index is 2.30. The average molecular weight is 340 g/mol. The molecule has 114 valence electrons. The van der Waals surface area contributed by atoms with Crippen LogP contribution in [0.5, 0.6) is 0 Å². The second-order valence-corrected chi connectivity index (χ2v) is 5.04. The van der Waals surface area contributed by atoms with E-state index in [1.807, 2.05) is 5.43 Å². The molecule has 0 saturated carbocycles. The minimum atomic E-state index is -1.13. The van der Waals surface area contributed by atoms with Crippen molar-refractivity contribution in [3.05, 3.63) is 45.7 Å². The van der Waals surface area contributed by atoms with Crippen LogP contribution in [-0.2, 0) is 9.59 Å². The second-order valence-electron chi connectivity index (χ2n) is 4.24. The zero-order valence-corrected chi connectivity index (χ0v) is 12.9. The standard InChI is InChI=1S/C13H11Cl2N5O2/c1-7-10(6-17-18-13(22)12(16)21)11(15)20(19-7)9-4-2-3-8(14)5-9/h2-6H,1H3,(H2,16,21)(H,18,22)/b17-6-. The molecule has 0 atom stereocenters. The third kappa shape index (κ3) is 3.44. The predicted molar refractivity (Wildman–Crippen MR) is 83.3 cm³/mol. The van der Waals surface area contributed by atoms with E-state index in [4.69, 9.17) is 28.9 Å². The largest absolute Gasteiger partial charge is 0.361 e. The molecular formula is C13H11Cl2N5O2. The van der Waals surface area contributed by atoms with Crippen LogP contribution in [0.1, 0.15) is 11.3 Å². The van der Waals surface area contributed by atoms with Crippen LogP contribution >= 0.6 is 23.2 Å². The molecule has 7 nitrogen and oxygen atoms in total. The van der Waals surface area contributed by atoms with Gasteiger partial charge in [0.25, 0.3) is 0 Å². The van der Waals surface area contributed by atoms with Gasteiger partial charge in [0.05, 0.1) is 23.2 Å². The number of hydrogen-bond acceptors (Lipinski definition) is 4. The fourth-order valence-corrected chi connectivity index (χ4v) is 2.15. The number of aromatic nitrogens is 2. The number of nitrogens with two attached hydrogens (primary N) is 1. The zero-order valence-electron chi connectivity index (χ0n) is 11.4. The van der Waals surface area contributed by atoms with Gasteiger partial charge in [0.1, 0.15) is 5.15 Å². The molecule has 3 N–H and O–H groups in total. The number of halogens is 2. The van der Waals surface area contributed by atoms with Gasteiger partial charge in [0, 0.05) is 5.02 Å². The highest BCUT2D eigenvalue weighted by Crippen LogP contribution is 2.23. The van der Waals surface area contributed by atoms with Crippen molar-refractivity contribution in [2.45, 2.75) is 6.92 Å². The summed E-state index contributed by atoms with van der Waals surface area (Å²) in [6.45, 7) is 1.73. The number of rotatable bonds is 3. The van der Waals surface area contributed by atoms with Crippen LogP contribution in [0, 0.1) is 6.92 Å². The van der Waals surface area contributed by atoms with E-state index < -0.39 is 11.8 Å². The lowest BCUT2D eigenvalue weighted by molar-refractivity contribution is -0.137. The maximum Gasteiger partial charge on any atom is 0.329 e. The summed E-state index contributed by atoms with van der Waals surface area (Å²) in [5.74, 6) is -2.15. The lowest BCUT2D eigenvalue weighted by Crippen LogP contribution is -2.32. The van der Waals surface area contributed by atoms with E-state index in [1.54, 1.807) is 31.2 Å². The van der Waals surface area contributed by atoms with Gasteiger partial charge >= 0.3 is 11.8 Å². The molecule has 0 fully saturated rings. The smallest absolute Gasteiger partial charge is 0.329 e. The Morgan fingerprint density at radius 2 is 2.14 bits per heavy atom. The first-order chi connectivity index (χ1) is 10.4. The average Bonchev–Trinajstić information content (AvgIpc) is 2.75. The maximum absolute atomic E-state index is 11.0. The highest BCUT2D eigenvalue weighted by Gasteiger charge is 2.14. The van der Waals surface area contributed by atoms with Gasteiger partial charge in [0.15, 0.2) is 0 Å². The van der Waals surface area contributed by atoms with Crippen LogP contribution in [0.25, 0.3) is 5.69 Å². The van der Waals surface area contributed by atoms with Crippen molar-refractivity contribution < 1.29 is 9.59 Å². The van der Waals surface area contributed by atoms with E-state index in [9.17, 15) is 9.59 Å². The van der Waals surface area contributed by atoms with Crippen molar-refractivity contribution in [3.63, 3.8) is 0 Å². The normalized spacial score (nSPS) is 10.9. The first kappa shape index (κ1) is 16.0. The Bertz CT molecular complexity index is 770. The number of amides is 2. The number of carbonyl (C=O) groups excluding carboxylic acids is 2. The summed E-state index contributed by atoms with van der Waals surface area (Å²) in [6.07, 6.45) is 1.28. The number of aryl methyl sites for hydroxylation is 1. The highest BCUT2D eigenvalue weighted by atomic mass is 35.5. The molecule has 2 rings (SSSR count). The maximum atomic E-state index is 11.0. The molecule has 22 heavy (non-hydrogen) atoms. The van der Waals surface area contributed by atoms with Gasteiger partial charge < -0.3 is 5.73 Å². The molecule has 0 unspecified atom stereocenters. The minimum absolute atomic E-state index is 0.289. The Hall–Kier alpha value is -2.38. The van der Waals surface area contributed by atoms with Gasteiger partial charge in [-0.25, -0.2) is 10.1 Å². The van der Waals surface area contributed by atoms with E-state index in [0.717, 1.165) is 0 Å². The number of hydrazone groups is 1. The van der Waals surface area contributed by atoms with Crippen LogP contribution in [-0.4, -0.2) is 27.8 Å². The summed E-state index contributed by atoms with van der Waals surface area (Å²) in [4.78, 5) is 21.6. The number of hydrogen-bond donors (Lipinski definition) is 2. The topological polar surface area (TPSA) is 102 Å². The molecule has 1 heterocycles. The summed E-state index contributed by atoms with van der Waals surface area (Å²) in [5, 5.41) is 8.74. The van der Waals surface area contributed by atoms with E-state index in [1.165, 1.54) is 10.9 Å². The Labute approximate surface area is 135 Å². The van der Waals surface area contributed by atoms with Crippen molar-refractivity contribution in [1.82, 2.24) is 15.2 Å². The summed E-state index contributed by atoms with van der Waals surface area (Å²) < 4.78 is 1.49. The van der Waals surface area contributed by atoms with Gasteiger partial charge in [-0.3, -0.25) is 9.59 Å². The molecule has 0 spiro atoms. The molecule has 0 bridgehead atoms. The molecule has 0 aliphatic rings. The third-order valence-electron chi connectivity index (χ3n) is 2.68. The fourth-order valence-electron chi connectivity index (χ4n) is 1.65.